The Kier molecular flexibility index (Phi) is 9.33. The number of rotatable bonds is 7. The molecule has 0 unspecified atom stereocenters. The van der Waals surface area contributed by atoms with Gasteiger partial charge in [-0.25, -0.2) is 0 Å². The Morgan fingerprint density at radius 3 is 1.95 bits per heavy atom. The summed E-state index contributed by atoms with van der Waals surface area (Å²) in [6.07, 6.45) is 2.80. The van der Waals surface area contributed by atoms with E-state index in [0.29, 0.717) is 0 Å². The monoisotopic (exact) mass is 1020 g/mol. The predicted molar refractivity (Wildman–Crippen MR) is 262 cm³/mol. The van der Waals surface area contributed by atoms with Crippen LogP contribution in [0.2, 0.25) is 0 Å². The van der Waals surface area contributed by atoms with Gasteiger partial charge in [-0.15, -0.1) is 0 Å². The number of nitrogens with zero attached hydrogens (tertiary/aromatic N) is 4. The van der Waals surface area contributed by atoms with Gasteiger partial charge in [0, 0.05) is 6.20 Å². The molecule has 0 atom stereocenters. The molecule has 1 aliphatic rings. The van der Waals surface area contributed by atoms with Crippen molar-refractivity contribution in [3.63, 3.8) is 0 Å². The normalized spacial score (nSPS) is 12.3. The van der Waals surface area contributed by atoms with Crippen LogP contribution in [0.3, 0.4) is 0 Å². The number of hydrogen-bond donors (Lipinski definition) is 0. The van der Waals surface area contributed by atoms with Crippen molar-refractivity contribution < 1.29 is 24.1 Å². The van der Waals surface area contributed by atoms with Gasteiger partial charge in [0.15, 0.2) is 0 Å². The first-order chi connectivity index (χ1) is 31.8. The number of benzene rings is 8. The number of aromatic nitrogens is 4. The van der Waals surface area contributed by atoms with Crippen molar-refractivity contribution in [3.8, 4) is 62.1 Å². The van der Waals surface area contributed by atoms with Crippen LogP contribution in [0, 0.1) is 3.80 Å². The van der Waals surface area contributed by atoms with Crippen molar-refractivity contribution >= 4 is 32.8 Å². The zero-order valence-corrected chi connectivity index (χ0v) is 38.5. The minimum absolute atomic E-state index is 0.0139. The fourth-order valence-corrected chi connectivity index (χ4v) is 11.0. The van der Waals surface area contributed by atoms with Crippen LogP contribution in [-0.2, 0) is 31.2 Å². The number of imidazole rings is 1. The summed E-state index contributed by atoms with van der Waals surface area (Å²) in [5.41, 5.74) is 18.0. The van der Waals surface area contributed by atoms with Gasteiger partial charge >= 0.3 is 335 Å². The molecule has 0 saturated carbocycles. The molecular formula is C59H44N4OPt. The second kappa shape index (κ2) is 15.4. The van der Waals surface area contributed by atoms with E-state index < -0.39 is 0 Å². The Hall–Kier alpha value is -7.33. The zero-order valence-electron chi connectivity index (χ0n) is 36.3. The number of pyridine rings is 1. The number of fused-ring (bicyclic) bond motifs is 7. The van der Waals surface area contributed by atoms with Crippen molar-refractivity contribution in [1.29, 1.82) is 0 Å². The minimum atomic E-state index is -0.0139. The maximum absolute atomic E-state index is 6.84. The third-order valence-electron chi connectivity index (χ3n) is 13.0. The summed E-state index contributed by atoms with van der Waals surface area (Å²) in [6, 6.07) is 69.7. The molecule has 65 heavy (non-hydrogen) atoms. The average Bonchev–Trinajstić information content (AvgIpc) is 3.97. The zero-order chi connectivity index (χ0) is 43.8. The molecular weight excluding hydrogens is 976 g/mol. The molecule has 11 aromatic rings. The van der Waals surface area contributed by atoms with E-state index in [0.717, 1.165) is 60.7 Å². The van der Waals surface area contributed by atoms with E-state index in [9.17, 15) is 0 Å². The maximum atomic E-state index is 6.84. The van der Waals surface area contributed by atoms with Crippen molar-refractivity contribution in [3.05, 3.63) is 221 Å². The molecule has 0 aliphatic heterocycles. The third-order valence-corrected chi connectivity index (χ3v) is 14.0. The van der Waals surface area contributed by atoms with Crippen molar-refractivity contribution in [2.75, 3.05) is 0 Å². The van der Waals surface area contributed by atoms with Crippen LogP contribution in [0.1, 0.15) is 37.5 Å². The second-order valence-corrected chi connectivity index (χ2v) is 18.9. The number of para-hydroxylation sites is 3. The molecule has 0 saturated heterocycles. The summed E-state index contributed by atoms with van der Waals surface area (Å²) < 4.78 is 15.0. The van der Waals surface area contributed by atoms with Crippen molar-refractivity contribution in [2.24, 2.45) is 0 Å². The van der Waals surface area contributed by atoms with Crippen molar-refractivity contribution in [2.45, 2.75) is 32.6 Å². The van der Waals surface area contributed by atoms with Gasteiger partial charge in [0.25, 0.3) is 0 Å². The van der Waals surface area contributed by atoms with E-state index in [4.69, 9.17) is 9.72 Å². The van der Waals surface area contributed by atoms with E-state index in [1.165, 1.54) is 61.1 Å². The van der Waals surface area contributed by atoms with E-state index in [1.807, 2.05) is 12.3 Å². The van der Waals surface area contributed by atoms with E-state index in [-0.39, 0.29) is 5.41 Å². The average molecular weight is 1020 g/mol. The molecule has 0 radical (unpaired) electrons. The van der Waals surface area contributed by atoms with Gasteiger partial charge in [-0.2, -0.15) is 0 Å². The van der Waals surface area contributed by atoms with Crippen LogP contribution in [-0.4, -0.2) is 18.7 Å². The van der Waals surface area contributed by atoms with Gasteiger partial charge < -0.3 is 0 Å². The molecule has 0 bridgehead atoms. The molecule has 3 heterocycles. The topological polar surface area (TPSA) is 36.9 Å². The van der Waals surface area contributed by atoms with Crippen LogP contribution >= 0.6 is 0 Å². The summed E-state index contributed by atoms with van der Waals surface area (Å²) in [5, 5.41) is 2.34. The van der Waals surface area contributed by atoms with Gasteiger partial charge in [-0.3, -0.25) is 0 Å². The number of ether oxygens (including phenoxy) is 1. The summed E-state index contributed by atoms with van der Waals surface area (Å²) in [7, 11) is 0. The third kappa shape index (κ3) is 6.56. The summed E-state index contributed by atoms with van der Waals surface area (Å²) >= 11 is 2.54. The fourth-order valence-electron chi connectivity index (χ4n) is 9.91. The summed E-state index contributed by atoms with van der Waals surface area (Å²) in [4.78, 5) is 4.90. The van der Waals surface area contributed by atoms with Gasteiger partial charge in [0.2, 0.25) is 0 Å². The van der Waals surface area contributed by atoms with E-state index >= 15 is 0 Å². The van der Waals surface area contributed by atoms with Crippen LogP contribution in [0.15, 0.2) is 200 Å². The van der Waals surface area contributed by atoms with Crippen LogP contribution in [0.4, 0.5) is 0 Å². The Bertz CT molecular complexity index is 3720. The molecule has 3 aromatic heterocycles. The number of hydrogen-bond acceptors (Lipinski definition) is 2. The van der Waals surface area contributed by atoms with Gasteiger partial charge in [0.1, 0.15) is 0 Å². The Balaban J connectivity index is 1.03. The van der Waals surface area contributed by atoms with Crippen LogP contribution in [0.25, 0.3) is 83.4 Å². The van der Waals surface area contributed by atoms with E-state index in [2.05, 4.69) is 242 Å². The predicted octanol–water partition coefficient (Wildman–Crippen LogP) is 15.0. The van der Waals surface area contributed by atoms with E-state index in [1.54, 1.807) is 0 Å². The Labute approximate surface area is 388 Å². The molecule has 0 spiro atoms. The molecule has 0 fully saturated rings. The molecule has 0 N–H and O–H groups in total. The Morgan fingerprint density at radius 1 is 0.508 bits per heavy atom. The standard InChI is InChI=1S/C59H44N4O.Pt/c1-59(2,3)42-31-32-60-56(34-42)63-52-26-13-12-25-47(52)48-30-29-45(36-55(48)63)64-44-23-16-22-43(35-44)61-38-62(54-28-15-14-27-53(54)61)58-49(39-17-6-4-7-18-39)37-50-46-24-11-10-21-41(46)33-51(50)57(58)40-19-8-5-9-20-40;/h4-32,34-37H,33H2,1-3H3;. The molecule has 5 nitrogen and oxygen atoms in total. The first-order valence-corrected chi connectivity index (χ1v) is 23.3. The van der Waals surface area contributed by atoms with Crippen LogP contribution < -0.4 is 4.74 Å². The molecule has 1 aliphatic carbocycles. The summed E-state index contributed by atoms with van der Waals surface area (Å²) in [6.45, 7) is 6.72. The van der Waals surface area contributed by atoms with Crippen LogP contribution in [0.5, 0.6) is 11.5 Å². The quantitative estimate of drug-likeness (QED) is 0.160. The second-order valence-electron chi connectivity index (χ2n) is 17.9. The fraction of sp³-hybridized carbons (Fsp3) is 0.0847. The van der Waals surface area contributed by atoms with Crippen molar-refractivity contribution in [1.82, 2.24) is 18.7 Å². The molecule has 8 aromatic carbocycles. The van der Waals surface area contributed by atoms with Gasteiger partial charge in [-0.05, 0) is 17.0 Å². The molecule has 0 amide bonds. The molecule has 316 valence electrons. The first kappa shape index (κ1) is 39.3. The SMILES string of the molecule is CC(C)(C)c1ccnc(-n2c3ccccc3c3ccc(Oc4cccc(-n5[c](=[Pt])n(-c6c(-c7ccccc7)cc7c(c6-c6ccccc6)Cc6ccccc6-7)c6ccccc65)c4)cc32)c1. The molecule has 12 rings (SSSR count). The van der Waals surface area contributed by atoms with Gasteiger partial charge in [0.05, 0.1) is 0 Å². The first-order valence-electron chi connectivity index (χ1n) is 22.2. The van der Waals surface area contributed by atoms with Gasteiger partial charge in [-0.1, -0.05) is 32.9 Å². The Morgan fingerprint density at radius 2 is 1.17 bits per heavy atom. The summed E-state index contributed by atoms with van der Waals surface area (Å²) in [5.74, 6) is 2.40. The molecule has 6 heteroatoms.